The summed E-state index contributed by atoms with van der Waals surface area (Å²) in [5, 5.41) is 0. The maximum Gasteiger partial charge on any atom is 0.124 e. The Labute approximate surface area is 96.9 Å². The van der Waals surface area contributed by atoms with Gasteiger partial charge in [0.15, 0.2) is 0 Å². The van der Waals surface area contributed by atoms with E-state index in [-0.39, 0.29) is 5.82 Å². The highest BCUT2D eigenvalue weighted by Crippen LogP contribution is 2.20. The van der Waals surface area contributed by atoms with Crippen LogP contribution in [0.4, 0.5) is 4.39 Å². The van der Waals surface area contributed by atoms with E-state index in [0.717, 1.165) is 16.5 Å². The van der Waals surface area contributed by atoms with Gasteiger partial charge in [0.25, 0.3) is 0 Å². The molecule has 0 atom stereocenters. The summed E-state index contributed by atoms with van der Waals surface area (Å²) in [6.45, 7) is 0. The van der Waals surface area contributed by atoms with E-state index in [1.165, 1.54) is 17.7 Å². The van der Waals surface area contributed by atoms with Gasteiger partial charge in [-0.2, -0.15) is 0 Å². The number of halogens is 2. The molecule has 0 saturated carbocycles. The Morgan fingerprint density at radius 3 is 2.40 bits per heavy atom. The van der Waals surface area contributed by atoms with Crippen LogP contribution in [0.5, 0.6) is 0 Å². The molecule has 2 heteroatoms. The van der Waals surface area contributed by atoms with Crippen LogP contribution in [0.1, 0.15) is 11.1 Å². The molecule has 0 spiro atoms. The molecule has 2 aromatic rings. The van der Waals surface area contributed by atoms with Crippen molar-refractivity contribution in [2.75, 3.05) is 0 Å². The zero-order valence-electron chi connectivity index (χ0n) is 8.08. The average molecular weight is 265 g/mol. The molecule has 0 aliphatic carbocycles. The van der Waals surface area contributed by atoms with Crippen molar-refractivity contribution in [3.05, 3.63) is 69.9 Å². The van der Waals surface area contributed by atoms with Crippen LogP contribution in [-0.2, 0) is 6.42 Å². The predicted octanol–water partition coefficient (Wildman–Crippen LogP) is 4.18. The molecule has 0 aliphatic rings. The van der Waals surface area contributed by atoms with E-state index in [2.05, 4.69) is 28.1 Å². The monoisotopic (exact) mass is 264 g/mol. The Morgan fingerprint density at radius 1 is 1.00 bits per heavy atom. The summed E-state index contributed by atoms with van der Waals surface area (Å²) in [5.41, 5.74) is 2.33. The van der Waals surface area contributed by atoms with Crippen LogP contribution in [0.3, 0.4) is 0 Å². The molecule has 2 aromatic carbocycles. The van der Waals surface area contributed by atoms with E-state index in [1.807, 2.05) is 24.3 Å². The summed E-state index contributed by atoms with van der Waals surface area (Å²) < 4.78 is 13.7. The molecule has 0 fully saturated rings. The van der Waals surface area contributed by atoms with Crippen LogP contribution >= 0.6 is 15.9 Å². The lowest BCUT2D eigenvalue weighted by molar-refractivity contribution is 0.626. The highest BCUT2D eigenvalue weighted by atomic mass is 79.9. The Hall–Kier alpha value is -1.15. The number of rotatable bonds is 2. The van der Waals surface area contributed by atoms with E-state index in [1.54, 1.807) is 0 Å². The maximum atomic E-state index is 12.9. The maximum absolute atomic E-state index is 12.9. The third-order valence-electron chi connectivity index (χ3n) is 2.25. The van der Waals surface area contributed by atoms with Gasteiger partial charge in [0.2, 0.25) is 0 Å². The number of benzene rings is 2. The van der Waals surface area contributed by atoms with Crippen molar-refractivity contribution in [2.45, 2.75) is 6.42 Å². The van der Waals surface area contributed by atoms with Crippen LogP contribution in [-0.4, -0.2) is 0 Å². The fourth-order valence-electron chi connectivity index (χ4n) is 1.48. The topological polar surface area (TPSA) is 0 Å². The van der Waals surface area contributed by atoms with Gasteiger partial charge in [0.05, 0.1) is 0 Å². The van der Waals surface area contributed by atoms with Crippen LogP contribution in [0, 0.1) is 5.82 Å². The molecular formula is C13H10BrF. The molecule has 0 saturated heterocycles. The van der Waals surface area contributed by atoms with E-state index in [4.69, 9.17) is 0 Å². The lowest BCUT2D eigenvalue weighted by atomic mass is 10.1. The van der Waals surface area contributed by atoms with Crippen LogP contribution in [0.2, 0.25) is 0 Å². The first-order valence-electron chi connectivity index (χ1n) is 4.73. The second kappa shape index (κ2) is 4.58. The number of hydrogen-bond acceptors (Lipinski definition) is 0. The summed E-state index contributed by atoms with van der Waals surface area (Å²) in [5.74, 6) is -0.210. The van der Waals surface area contributed by atoms with Gasteiger partial charge in [-0.05, 0) is 29.7 Å². The normalized spacial score (nSPS) is 10.3. The van der Waals surface area contributed by atoms with Crippen molar-refractivity contribution in [3.8, 4) is 0 Å². The molecular weight excluding hydrogens is 255 g/mol. The molecule has 0 heterocycles. The lowest BCUT2D eigenvalue weighted by Crippen LogP contribution is -1.89. The number of hydrogen-bond donors (Lipinski definition) is 0. The van der Waals surface area contributed by atoms with Crippen molar-refractivity contribution < 1.29 is 4.39 Å². The molecule has 2 rings (SSSR count). The van der Waals surface area contributed by atoms with E-state index >= 15 is 0 Å². The molecule has 0 aliphatic heterocycles. The van der Waals surface area contributed by atoms with Crippen molar-refractivity contribution >= 4 is 15.9 Å². The van der Waals surface area contributed by atoms with E-state index in [0.29, 0.717) is 0 Å². The van der Waals surface area contributed by atoms with Gasteiger partial charge in [-0.3, -0.25) is 0 Å². The summed E-state index contributed by atoms with van der Waals surface area (Å²) >= 11 is 3.36. The third-order valence-corrected chi connectivity index (χ3v) is 2.99. The quantitative estimate of drug-likeness (QED) is 0.764. The smallest absolute Gasteiger partial charge is 0.124 e. The zero-order valence-corrected chi connectivity index (χ0v) is 9.67. The van der Waals surface area contributed by atoms with Gasteiger partial charge in [-0.1, -0.05) is 52.3 Å². The third kappa shape index (κ3) is 2.66. The molecule has 0 radical (unpaired) electrons. The van der Waals surface area contributed by atoms with Crippen molar-refractivity contribution in [2.24, 2.45) is 0 Å². The van der Waals surface area contributed by atoms with Crippen molar-refractivity contribution in [1.82, 2.24) is 0 Å². The van der Waals surface area contributed by atoms with E-state index < -0.39 is 0 Å². The Bertz CT molecular complexity index is 451. The minimum atomic E-state index is -0.210. The molecule has 0 N–H and O–H groups in total. The highest BCUT2D eigenvalue weighted by Gasteiger charge is 2.02. The standard InChI is InChI=1S/C13H10BrF/c14-13-9-12(15)7-6-11(13)8-10-4-2-1-3-5-10/h1-7,9H,8H2. The first-order chi connectivity index (χ1) is 7.25. The Morgan fingerprint density at radius 2 is 1.73 bits per heavy atom. The van der Waals surface area contributed by atoms with Gasteiger partial charge in [-0.25, -0.2) is 4.39 Å². The molecule has 0 nitrogen and oxygen atoms in total. The summed E-state index contributed by atoms with van der Waals surface area (Å²) in [7, 11) is 0. The van der Waals surface area contributed by atoms with Gasteiger partial charge in [0, 0.05) is 4.47 Å². The van der Waals surface area contributed by atoms with Gasteiger partial charge in [0.1, 0.15) is 5.82 Å². The molecule has 76 valence electrons. The average Bonchev–Trinajstić information content (AvgIpc) is 2.24. The second-order valence-corrected chi connectivity index (χ2v) is 4.25. The van der Waals surface area contributed by atoms with Gasteiger partial charge in [-0.15, -0.1) is 0 Å². The van der Waals surface area contributed by atoms with E-state index in [9.17, 15) is 4.39 Å². The Balaban J connectivity index is 2.25. The first kappa shape index (κ1) is 10.4. The minimum absolute atomic E-state index is 0.210. The SMILES string of the molecule is Fc1ccc(Cc2ccccc2)c(Br)c1. The first-order valence-corrected chi connectivity index (χ1v) is 5.53. The molecule has 15 heavy (non-hydrogen) atoms. The fraction of sp³-hybridized carbons (Fsp3) is 0.0769. The van der Waals surface area contributed by atoms with Crippen LogP contribution < -0.4 is 0 Å². The predicted molar refractivity (Wildman–Crippen MR) is 63.3 cm³/mol. The largest absolute Gasteiger partial charge is 0.207 e. The highest BCUT2D eigenvalue weighted by molar-refractivity contribution is 9.10. The summed E-state index contributed by atoms with van der Waals surface area (Å²) in [4.78, 5) is 0. The van der Waals surface area contributed by atoms with Crippen LogP contribution in [0.25, 0.3) is 0 Å². The minimum Gasteiger partial charge on any atom is -0.207 e. The fourth-order valence-corrected chi connectivity index (χ4v) is 1.97. The Kier molecular flexibility index (Phi) is 3.17. The summed E-state index contributed by atoms with van der Waals surface area (Å²) in [6, 6.07) is 14.9. The lowest BCUT2D eigenvalue weighted by Gasteiger charge is -2.04. The second-order valence-electron chi connectivity index (χ2n) is 3.40. The van der Waals surface area contributed by atoms with Crippen molar-refractivity contribution in [3.63, 3.8) is 0 Å². The van der Waals surface area contributed by atoms with Gasteiger partial charge < -0.3 is 0 Å². The molecule has 0 amide bonds. The summed E-state index contributed by atoms with van der Waals surface area (Å²) in [6.07, 6.45) is 0.821. The molecule has 0 unspecified atom stereocenters. The van der Waals surface area contributed by atoms with Gasteiger partial charge >= 0.3 is 0 Å². The van der Waals surface area contributed by atoms with Crippen LogP contribution in [0.15, 0.2) is 53.0 Å². The van der Waals surface area contributed by atoms with Crippen molar-refractivity contribution in [1.29, 1.82) is 0 Å². The zero-order chi connectivity index (χ0) is 10.7. The molecule has 0 bridgehead atoms. The molecule has 0 aromatic heterocycles.